The van der Waals surface area contributed by atoms with E-state index in [9.17, 15) is 4.79 Å². The molecule has 3 nitrogen and oxygen atoms in total. The number of rotatable bonds is 9. The van der Waals surface area contributed by atoms with Gasteiger partial charge >= 0.3 is 5.97 Å². The largest absolute Gasteiger partial charge is 0.478 e. The number of ether oxygens (including phenoxy) is 1. The van der Waals surface area contributed by atoms with E-state index in [0.717, 1.165) is 25.3 Å². The molecule has 0 aliphatic heterocycles. The molecule has 0 aromatic rings. The van der Waals surface area contributed by atoms with Crippen LogP contribution in [0.3, 0.4) is 0 Å². The predicted molar refractivity (Wildman–Crippen MR) is 74.6 cm³/mol. The summed E-state index contributed by atoms with van der Waals surface area (Å²) in [5, 5.41) is 8.41. The third kappa shape index (κ3) is 10.1. The second kappa shape index (κ2) is 8.92. The van der Waals surface area contributed by atoms with Gasteiger partial charge in [-0.1, -0.05) is 38.0 Å². The van der Waals surface area contributed by atoms with Crippen molar-refractivity contribution in [3.63, 3.8) is 0 Å². The Morgan fingerprint density at radius 2 is 2.06 bits per heavy atom. The first-order chi connectivity index (χ1) is 8.37. The Bertz CT molecular complexity index is 290. The molecule has 18 heavy (non-hydrogen) atoms. The number of allylic oxidation sites excluding steroid dienone is 3. The fourth-order valence-corrected chi connectivity index (χ4v) is 1.62. The molecular formula is C15H26O3. The normalized spacial score (nSPS) is 14.4. The zero-order valence-electron chi connectivity index (χ0n) is 12.0. The maximum atomic E-state index is 10.2. The summed E-state index contributed by atoms with van der Waals surface area (Å²) in [6.45, 7) is 6.42. The molecule has 0 aliphatic carbocycles. The first kappa shape index (κ1) is 16.9. The highest BCUT2D eigenvalue weighted by atomic mass is 16.5. The molecule has 0 fully saturated rings. The summed E-state index contributed by atoms with van der Waals surface area (Å²) in [6, 6.07) is 0. The third-order valence-electron chi connectivity index (χ3n) is 3.05. The fourth-order valence-electron chi connectivity index (χ4n) is 1.62. The zero-order valence-corrected chi connectivity index (χ0v) is 12.0. The molecule has 0 radical (unpaired) electrons. The van der Waals surface area contributed by atoms with Crippen LogP contribution in [-0.2, 0) is 9.53 Å². The molecular weight excluding hydrogens is 228 g/mol. The van der Waals surface area contributed by atoms with E-state index < -0.39 is 5.97 Å². The lowest BCUT2D eigenvalue weighted by molar-refractivity contribution is -0.131. The van der Waals surface area contributed by atoms with Gasteiger partial charge in [0, 0.05) is 13.2 Å². The summed E-state index contributed by atoms with van der Waals surface area (Å²) < 4.78 is 5.38. The van der Waals surface area contributed by atoms with Crippen LogP contribution in [0.5, 0.6) is 0 Å². The number of carbonyl (C=O) groups is 1. The van der Waals surface area contributed by atoms with Crippen molar-refractivity contribution in [1.29, 1.82) is 0 Å². The maximum absolute atomic E-state index is 10.2. The predicted octanol–water partition coefficient (Wildman–Crippen LogP) is 3.80. The number of hydrogen-bond acceptors (Lipinski definition) is 2. The molecule has 3 heteroatoms. The van der Waals surface area contributed by atoms with Crippen LogP contribution in [0.4, 0.5) is 0 Å². The van der Waals surface area contributed by atoms with Crippen LogP contribution >= 0.6 is 0 Å². The molecule has 104 valence electrons. The Morgan fingerprint density at radius 3 is 2.61 bits per heavy atom. The number of carboxylic acids is 1. The van der Waals surface area contributed by atoms with Crippen LogP contribution in [0.25, 0.3) is 0 Å². The fraction of sp³-hybridized carbons (Fsp3) is 0.667. The van der Waals surface area contributed by atoms with Crippen molar-refractivity contribution in [1.82, 2.24) is 0 Å². The standard InChI is InChI=1S/C15H26O3/c1-13(9-6-5-7-11-14(16)17)10-8-12-15(2,3)18-4/h5-7,11,13H,8-10,12H2,1-4H3,(H,16,17)/b6-5+,11-7+. The SMILES string of the molecule is COC(C)(C)CCCC(C)C/C=C/C=C/C(=O)O. The van der Waals surface area contributed by atoms with Crippen LogP contribution in [-0.4, -0.2) is 23.8 Å². The molecule has 0 saturated heterocycles. The van der Waals surface area contributed by atoms with Gasteiger partial charge in [0.2, 0.25) is 0 Å². The first-order valence-electron chi connectivity index (χ1n) is 6.48. The number of aliphatic carboxylic acids is 1. The zero-order chi connectivity index (χ0) is 14.0. The van der Waals surface area contributed by atoms with Crippen molar-refractivity contribution in [2.45, 2.75) is 52.1 Å². The Kier molecular flexibility index (Phi) is 8.38. The average Bonchev–Trinajstić information content (AvgIpc) is 2.28. The Labute approximate surface area is 111 Å². The summed E-state index contributed by atoms with van der Waals surface area (Å²) in [6.07, 6.45) is 10.9. The van der Waals surface area contributed by atoms with Crippen LogP contribution < -0.4 is 0 Å². The minimum absolute atomic E-state index is 0.0280. The summed E-state index contributed by atoms with van der Waals surface area (Å²) in [5.41, 5.74) is -0.0280. The van der Waals surface area contributed by atoms with Gasteiger partial charge in [-0.2, -0.15) is 0 Å². The van der Waals surface area contributed by atoms with E-state index in [0.29, 0.717) is 5.92 Å². The van der Waals surface area contributed by atoms with Crippen molar-refractivity contribution in [3.05, 3.63) is 24.3 Å². The highest BCUT2D eigenvalue weighted by Crippen LogP contribution is 2.20. The quantitative estimate of drug-likeness (QED) is 0.503. The van der Waals surface area contributed by atoms with Gasteiger partial charge in [-0.25, -0.2) is 4.79 Å². The number of hydrogen-bond donors (Lipinski definition) is 1. The van der Waals surface area contributed by atoms with Crippen molar-refractivity contribution in [2.24, 2.45) is 5.92 Å². The first-order valence-corrected chi connectivity index (χ1v) is 6.48. The minimum atomic E-state index is -0.908. The molecule has 0 aromatic heterocycles. The molecule has 0 aliphatic rings. The van der Waals surface area contributed by atoms with E-state index in [1.54, 1.807) is 19.3 Å². The van der Waals surface area contributed by atoms with Crippen molar-refractivity contribution in [3.8, 4) is 0 Å². The number of methoxy groups -OCH3 is 1. The van der Waals surface area contributed by atoms with Gasteiger partial charge in [0.05, 0.1) is 5.60 Å². The van der Waals surface area contributed by atoms with Crippen LogP contribution in [0.1, 0.15) is 46.5 Å². The van der Waals surface area contributed by atoms with Crippen LogP contribution in [0.15, 0.2) is 24.3 Å². The Morgan fingerprint density at radius 1 is 1.39 bits per heavy atom. The topological polar surface area (TPSA) is 46.5 Å². The average molecular weight is 254 g/mol. The molecule has 0 heterocycles. The van der Waals surface area contributed by atoms with Crippen LogP contribution in [0, 0.1) is 5.92 Å². The van der Waals surface area contributed by atoms with Gasteiger partial charge in [0.15, 0.2) is 0 Å². The van der Waals surface area contributed by atoms with E-state index in [1.807, 2.05) is 6.08 Å². The Balaban J connectivity index is 3.72. The summed E-state index contributed by atoms with van der Waals surface area (Å²) in [5.74, 6) is -0.290. The second-order valence-corrected chi connectivity index (χ2v) is 5.32. The number of carboxylic acid groups (broad SMARTS) is 1. The summed E-state index contributed by atoms with van der Waals surface area (Å²) in [4.78, 5) is 10.2. The van der Waals surface area contributed by atoms with Crippen molar-refractivity contribution >= 4 is 5.97 Å². The third-order valence-corrected chi connectivity index (χ3v) is 3.05. The molecule has 0 aromatic carbocycles. The lowest BCUT2D eigenvalue weighted by atomic mass is 9.95. The van der Waals surface area contributed by atoms with Gasteiger partial charge in [-0.3, -0.25) is 0 Å². The highest BCUT2D eigenvalue weighted by Gasteiger charge is 2.15. The lowest BCUT2D eigenvalue weighted by Crippen LogP contribution is -2.22. The highest BCUT2D eigenvalue weighted by molar-refractivity contribution is 5.80. The van der Waals surface area contributed by atoms with E-state index in [4.69, 9.17) is 9.84 Å². The second-order valence-electron chi connectivity index (χ2n) is 5.32. The van der Waals surface area contributed by atoms with Gasteiger partial charge in [-0.05, 0) is 32.6 Å². The van der Waals surface area contributed by atoms with E-state index in [2.05, 4.69) is 20.8 Å². The molecule has 0 amide bonds. The van der Waals surface area contributed by atoms with E-state index in [-0.39, 0.29) is 5.60 Å². The van der Waals surface area contributed by atoms with Gasteiger partial charge in [0.25, 0.3) is 0 Å². The van der Waals surface area contributed by atoms with Gasteiger partial charge in [0.1, 0.15) is 0 Å². The molecule has 0 saturated carbocycles. The molecule has 0 rings (SSSR count). The van der Waals surface area contributed by atoms with E-state index in [1.165, 1.54) is 6.42 Å². The molecule has 0 bridgehead atoms. The van der Waals surface area contributed by atoms with E-state index >= 15 is 0 Å². The van der Waals surface area contributed by atoms with Gasteiger partial charge < -0.3 is 9.84 Å². The van der Waals surface area contributed by atoms with Crippen LogP contribution in [0.2, 0.25) is 0 Å². The lowest BCUT2D eigenvalue weighted by Gasteiger charge is -2.23. The van der Waals surface area contributed by atoms with Gasteiger partial charge in [-0.15, -0.1) is 0 Å². The summed E-state index contributed by atoms with van der Waals surface area (Å²) >= 11 is 0. The van der Waals surface area contributed by atoms with Crippen molar-refractivity contribution in [2.75, 3.05) is 7.11 Å². The Hall–Kier alpha value is -1.09. The maximum Gasteiger partial charge on any atom is 0.328 e. The molecule has 1 unspecified atom stereocenters. The smallest absolute Gasteiger partial charge is 0.328 e. The molecule has 1 N–H and O–H groups in total. The summed E-state index contributed by atoms with van der Waals surface area (Å²) in [7, 11) is 1.75. The molecule has 0 spiro atoms. The van der Waals surface area contributed by atoms with Crippen molar-refractivity contribution < 1.29 is 14.6 Å². The minimum Gasteiger partial charge on any atom is -0.478 e. The monoisotopic (exact) mass is 254 g/mol. The molecule has 1 atom stereocenters.